The van der Waals surface area contributed by atoms with E-state index in [1.54, 1.807) is 0 Å². The number of aliphatic hydroxyl groups is 1. The first-order chi connectivity index (χ1) is 8.60. The maximum absolute atomic E-state index is 10.1. The highest BCUT2D eigenvalue weighted by atomic mass is 16.3. The van der Waals surface area contributed by atoms with Gasteiger partial charge in [0.2, 0.25) is 0 Å². The van der Waals surface area contributed by atoms with Crippen LogP contribution in [-0.4, -0.2) is 35.7 Å². The third-order valence-electron chi connectivity index (χ3n) is 3.44. The fourth-order valence-electron chi connectivity index (χ4n) is 2.21. The highest BCUT2D eigenvalue weighted by molar-refractivity contribution is 4.65. The van der Waals surface area contributed by atoms with Gasteiger partial charge in [0.05, 0.1) is 6.10 Å². The van der Waals surface area contributed by atoms with E-state index in [2.05, 4.69) is 32.6 Å². The van der Waals surface area contributed by atoms with Crippen LogP contribution in [0.2, 0.25) is 0 Å². The molecule has 0 aromatic heterocycles. The fraction of sp³-hybridized carbons (Fsp3) is 1.00. The molecular weight excluding hydrogens is 222 g/mol. The van der Waals surface area contributed by atoms with Crippen molar-refractivity contribution in [3.63, 3.8) is 0 Å². The van der Waals surface area contributed by atoms with Crippen molar-refractivity contribution in [3.05, 3.63) is 0 Å². The van der Waals surface area contributed by atoms with E-state index >= 15 is 0 Å². The molecule has 1 unspecified atom stereocenters. The monoisotopic (exact) mass is 257 g/mol. The first-order valence-electron chi connectivity index (χ1n) is 8.00. The minimum absolute atomic E-state index is 0.127. The molecule has 0 bridgehead atoms. The van der Waals surface area contributed by atoms with Gasteiger partial charge in [0.1, 0.15) is 0 Å². The van der Waals surface area contributed by atoms with Gasteiger partial charge in [0.15, 0.2) is 0 Å². The second-order valence-electron chi connectivity index (χ2n) is 5.99. The lowest BCUT2D eigenvalue weighted by Gasteiger charge is -2.25. The van der Waals surface area contributed by atoms with Crippen LogP contribution >= 0.6 is 0 Å². The normalized spacial score (nSPS) is 13.5. The summed E-state index contributed by atoms with van der Waals surface area (Å²) >= 11 is 0. The van der Waals surface area contributed by atoms with Crippen LogP contribution in [0.15, 0.2) is 0 Å². The van der Waals surface area contributed by atoms with Crippen molar-refractivity contribution in [2.45, 2.75) is 78.7 Å². The molecular formula is C16H35NO. The SMILES string of the molecule is CCCCN(CCCC)CC(O)CCCC(C)C. The van der Waals surface area contributed by atoms with E-state index in [0.717, 1.165) is 38.4 Å². The zero-order valence-corrected chi connectivity index (χ0v) is 13.1. The number of rotatable bonds is 12. The van der Waals surface area contributed by atoms with E-state index in [1.807, 2.05) is 0 Å². The summed E-state index contributed by atoms with van der Waals surface area (Å²) in [6, 6.07) is 0. The largest absolute Gasteiger partial charge is 0.392 e. The molecule has 0 aliphatic rings. The highest BCUT2D eigenvalue weighted by Crippen LogP contribution is 2.10. The molecule has 18 heavy (non-hydrogen) atoms. The molecule has 0 aromatic carbocycles. The summed E-state index contributed by atoms with van der Waals surface area (Å²) in [5.74, 6) is 0.758. The van der Waals surface area contributed by atoms with Crippen molar-refractivity contribution in [1.29, 1.82) is 0 Å². The Morgan fingerprint density at radius 3 is 1.89 bits per heavy atom. The van der Waals surface area contributed by atoms with Gasteiger partial charge in [-0.15, -0.1) is 0 Å². The Balaban J connectivity index is 3.81. The average molecular weight is 257 g/mol. The van der Waals surface area contributed by atoms with Gasteiger partial charge in [0, 0.05) is 6.54 Å². The summed E-state index contributed by atoms with van der Waals surface area (Å²) < 4.78 is 0. The van der Waals surface area contributed by atoms with Gasteiger partial charge in [-0.2, -0.15) is 0 Å². The molecule has 0 saturated heterocycles. The molecule has 0 saturated carbocycles. The smallest absolute Gasteiger partial charge is 0.0667 e. The Hall–Kier alpha value is -0.0800. The van der Waals surface area contributed by atoms with Crippen LogP contribution in [0.5, 0.6) is 0 Å². The molecule has 1 N–H and O–H groups in total. The van der Waals surface area contributed by atoms with Crippen LogP contribution in [0.1, 0.15) is 72.6 Å². The number of hydrogen-bond acceptors (Lipinski definition) is 2. The lowest BCUT2D eigenvalue weighted by Crippen LogP contribution is -2.34. The van der Waals surface area contributed by atoms with Crippen LogP contribution in [0.4, 0.5) is 0 Å². The molecule has 0 heterocycles. The van der Waals surface area contributed by atoms with E-state index in [9.17, 15) is 5.11 Å². The Kier molecular flexibility index (Phi) is 11.9. The van der Waals surface area contributed by atoms with Crippen molar-refractivity contribution in [2.24, 2.45) is 5.92 Å². The summed E-state index contributed by atoms with van der Waals surface area (Å²) in [6.07, 6.45) is 8.22. The van der Waals surface area contributed by atoms with Crippen LogP contribution in [0.25, 0.3) is 0 Å². The molecule has 2 nitrogen and oxygen atoms in total. The van der Waals surface area contributed by atoms with Crippen LogP contribution in [0, 0.1) is 5.92 Å². The van der Waals surface area contributed by atoms with Crippen molar-refractivity contribution in [2.75, 3.05) is 19.6 Å². The molecule has 2 heteroatoms. The first-order valence-corrected chi connectivity index (χ1v) is 8.00. The van der Waals surface area contributed by atoms with Crippen molar-refractivity contribution >= 4 is 0 Å². The molecule has 0 aromatic rings. The van der Waals surface area contributed by atoms with Crippen molar-refractivity contribution in [3.8, 4) is 0 Å². The fourth-order valence-corrected chi connectivity index (χ4v) is 2.21. The zero-order valence-electron chi connectivity index (χ0n) is 13.1. The van der Waals surface area contributed by atoms with Gasteiger partial charge in [0.25, 0.3) is 0 Å². The van der Waals surface area contributed by atoms with E-state index in [1.165, 1.54) is 32.1 Å². The summed E-state index contributed by atoms with van der Waals surface area (Å²) in [5, 5.41) is 10.1. The summed E-state index contributed by atoms with van der Waals surface area (Å²) in [6.45, 7) is 12.1. The summed E-state index contributed by atoms with van der Waals surface area (Å²) in [5.41, 5.74) is 0. The van der Waals surface area contributed by atoms with Gasteiger partial charge in [-0.1, -0.05) is 53.4 Å². The van der Waals surface area contributed by atoms with Gasteiger partial charge in [-0.3, -0.25) is 0 Å². The number of unbranched alkanes of at least 4 members (excludes halogenated alkanes) is 2. The summed E-state index contributed by atoms with van der Waals surface area (Å²) in [7, 11) is 0. The van der Waals surface area contributed by atoms with Crippen LogP contribution < -0.4 is 0 Å². The van der Waals surface area contributed by atoms with E-state index in [4.69, 9.17) is 0 Å². The molecule has 1 atom stereocenters. The molecule has 0 radical (unpaired) electrons. The predicted molar refractivity (Wildman–Crippen MR) is 81.0 cm³/mol. The Morgan fingerprint density at radius 1 is 0.889 bits per heavy atom. The van der Waals surface area contributed by atoms with Gasteiger partial charge in [-0.25, -0.2) is 0 Å². The Morgan fingerprint density at radius 2 is 1.44 bits per heavy atom. The predicted octanol–water partition coefficient (Wildman–Crippen LogP) is 4.08. The van der Waals surface area contributed by atoms with Gasteiger partial charge in [-0.05, 0) is 38.3 Å². The number of aliphatic hydroxyl groups excluding tert-OH is 1. The molecule has 0 aliphatic carbocycles. The van der Waals surface area contributed by atoms with Gasteiger partial charge < -0.3 is 10.0 Å². The lowest BCUT2D eigenvalue weighted by atomic mass is 10.0. The second-order valence-corrected chi connectivity index (χ2v) is 5.99. The minimum Gasteiger partial charge on any atom is -0.392 e. The Labute approximate surface area is 115 Å². The standard InChI is InChI=1S/C16H35NO/c1-5-7-12-17(13-8-6-2)14-16(18)11-9-10-15(3)4/h15-16,18H,5-14H2,1-4H3. The summed E-state index contributed by atoms with van der Waals surface area (Å²) in [4.78, 5) is 2.45. The van der Waals surface area contributed by atoms with E-state index in [0.29, 0.717) is 0 Å². The first kappa shape index (κ1) is 17.9. The van der Waals surface area contributed by atoms with Crippen LogP contribution in [0.3, 0.4) is 0 Å². The van der Waals surface area contributed by atoms with Gasteiger partial charge >= 0.3 is 0 Å². The van der Waals surface area contributed by atoms with E-state index in [-0.39, 0.29) is 6.10 Å². The third-order valence-corrected chi connectivity index (χ3v) is 3.44. The third kappa shape index (κ3) is 11.0. The van der Waals surface area contributed by atoms with E-state index < -0.39 is 0 Å². The maximum Gasteiger partial charge on any atom is 0.0667 e. The maximum atomic E-state index is 10.1. The molecule has 0 spiro atoms. The number of nitrogens with zero attached hydrogens (tertiary/aromatic N) is 1. The highest BCUT2D eigenvalue weighted by Gasteiger charge is 2.11. The lowest BCUT2D eigenvalue weighted by molar-refractivity contribution is 0.100. The Bertz CT molecular complexity index is 162. The minimum atomic E-state index is -0.127. The average Bonchev–Trinajstić information content (AvgIpc) is 2.32. The number of hydrogen-bond donors (Lipinski definition) is 1. The topological polar surface area (TPSA) is 23.5 Å². The quantitative estimate of drug-likeness (QED) is 0.569. The molecule has 0 aliphatic heterocycles. The van der Waals surface area contributed by atoms with Crippen LogP contribution in [-0.2, 0) is 0 Å². The molecule has 0 amide bonds. The molecule has 0 rings (SSSR count). The zero-order chi connectivity index (χ0) is 13.8. The molecule has 110 valence electrons. The molecule has 0 fully saturated rings. The van der Waals surface area contributed by atoms with Crippen molar-refractivity contribution in [1.82, 2.24) is 4.90 Å². The second kappa shape index (κ2) is 12.0. The van der Waals surface area contributed by atoms with Crippen molar-refractivity contribution < 1.29 is 5.11 Å².